The number of hydrogen-bond acceptors (Lipinski definition) is 3. The first-order valence-corrected chi connectivity index (χ1v) is 4.93. The van der Waals surface area contributed by atoms with Crippen molar-refractivity contribution < 1.29 is 0 Å². The van der Waals surface area contributed by atoms with Crippen LogP contribution < -0.4 is 5.32 Å². The van der Waals surface area contributed by atoms with Gasteiger partial charge in [0.15, 0.2) is 5.15 Å². The topological polar surface area (TPSA) is 37.8 Å². The van der Waals surface area contributed by atoms with Crippen LogP contribution in [-0.2, 0) is 0 Å². The van der Waals surface area contributed by atoms with Gasteiger partial charge in [-0.15, -0.1) is 10.2 Å². The zero-order valence-electron chi connectivity index (χ0n) is 7.50. The molecular weight excluding hydrogens is 186 g/mol. The highest BCUT2D eigenvalue weighted by molar-refractivity contribution is 6.29. The maximum Gasteiger partial charge on any atom is 0.151 e. The Morgan fingerprint density at radius 3 is 2.92 bits per heavy atom. The average molecular weight is 198 g/mol. The Morgan fingerprint density at radius 1 is 1.54 bits per heavy atom. The summed E-state index contributed by atoms with van der Waals surface area (Å²) >= 11 is 5.62. The van der Waals surface area contributed by atoms with Crippen LogP contribution in [0.15, 0.2) is 12.1 Å². The third-order valence-electron chi connectivity index (χ3n) is 2.41. The van der Waals surface area contributed by atoms with Crippen LogP contribution in [0, 0.1) is 5.92 Å². The minimum atomic E-state index is 0.438. The van der Waals surface area contributed by atoms with Gasteiger partial charge in [-0.05, 0) is 24.5 Å². The highest BCUT2D eigenvalue weighted by atomic mass is 35.5. The molecular formula is C9H12ClN3. The summed E-state index contributed by atoms with van der Waals surface area (Å²) in [6, 6.07) is 4.21. The first kappa shape index (κ1) is 8.75. The monoisotopic (exact) mass is 197 g/mol. The highest BCUT2D eigenvalue weighted by Crippen LogP contribution is 2.35. The molecule has 0 amide bonds. The summed E-state index contributed by atoms with van der Waals surface area (Å²) in [5.74, 6) is 1.64. The predicted molar refractivity (Wildman–Crippen MR) is 52.9 cm³/mol. The Labute approximate surface area is 82.5 Å². The molecule has 1 fully saturated rings. The Bertz CT molecular complexity index is 285. The quantitative estimate of drug-likeness (QED) is 0.809. The molecule has 0 radical (unpaired) electrons. The van der Waals surface area contributed by atoms with E-state index in [4.69, 9.17) is 11.6 Å². The third-order valence-corrected chi connectivity index (χ3v) is 2.61. The predicted octanol–water partition coefficient (Wildman–Crippen LogP) is 2.34. The van der Waals surface area contributed by atoms with E-state index in [1.54, 1.807) is 6.07 Å². The number of nitrogens with zero attached hydrogens (tertiary/aromatic N) is 2. The fourth-order valence-electron chi connectivity index (χ4n) is 1.46. The summed E-state index contributed by atoms with van der Waals surface area (Å²) in [5, 5.41) is 11.4. The van der Waals surface area contributed by atoms with Gasteiger partial charge in [0, 0.05) is 6.04 Å². The number of aromatic nitrogens is 2. The Kier molecular flexibility index (Phi) is 2.36. The molecule has 70 valence electrons. The summed E-state index contributed by atoms with van der Waals surface area (Å²) in [7, 11) is 0. The number of hydrogen-bond donors (Lipinski definition) is 1. The van der Waals surface area contributed by atoms with Gasteiger partial charge < -0.3 is 5.32 Å². The maximum atomic E-state index is 5.62. The molecule has 13 heavy (non-hydrogen) atoms. The molecule has 0 aromatic carbocycles. The Balaban J connectivity index is 1.92. The number of anilines is 1. The average Bonchev–Trinajstić information content (AvgIpc) is 2.88. The van der Waals surface area contributed by atoms with Gasteiger partial charge in [0.05, 0.1) is 0 Å². The lowest BCUT2D eigenvalue weighted by Crippen LogP contribution is -2.06. The number of rotatable bonds is 3. The molecule has 3 nitrogen and oxygen atoms in total. The molecule has 0 saturated heterocycles. The second-order valence-corrected chi connectivity index (χ2v) is 3.78. The SMILES string of the molecule is CCC1CC1Nc1ccc(Cl)nn1. The molecule has 2 unspecified atom stereocenters. The maximum absolute atomic E-state index is 5.62. The molecule has 2 atom stereocenters. The van der Waals surface area contributed by atoms with E-state index >= 15 is 0 Å². The van der Waals surface area contributed by atoms with E-state index in [0.717, 1.165) is 11.7 Å². The van der Waals surface area contributed by atoms with Gasteiger partial charge in [-0.2, -0.15) is 0 Å². The fourth-order valence-corrected chi connectivity index (χ4v) is 1.56. The minimum Gasteiger partial charge on any atom is -0.366 e. The molecule has 1 aromatic rings. The van der Waals surface area contributed by atoms with Crippen molar-refractivity contribution in [3.63, 3.8) is 0 Å². The summed E-state index contributed by atoms with van der Waals surface area (Å²) in [6.07, 6.45) is 2.49. The van der Waals surface area contributed by atoms with Crippen molar-refractivity contribution in [3.05, 3.63) is 17.3 Å². The molecule has 4 heteroatoms. The molecule has 0 bridgehead atoms. The van der Waals surface area contributed by atoms with Gasteiger partial charge in [0.2, 0.25) is 0 Å². The minimum absolute atomic E-state index is 0.438. The lowest BCUT2D eigenvalue weighted by molar-refractivity contribution is 0.772. The van der Waals surface area contributed by atoms with Crippen LogP contribution in [0.4, 0.5) is 5.82 Å². The van der Waals surface area contributed by atoms with Crippen LogP contribution in [0.1, 0.15) is 19.8 Å². The van der Waals surface area contributed by atoms with Crippen LogP contribution in [-0.4, -0.2) is 16.2 Å². The Morgan fingerprint density at radius 2 is 2.38 bits per heavy atom. The van der Waals surface area contributed by atoms with Crippen molar-refractivity contribution in [2.75, 3.05) is 5.32 Å². The second-order valence-electron chi connectivity index (χ2n) is 3.40. The normalized spacial score (nSPS) is 25.7. The first-order valence-electron chi connectivity index (χ1n) is 4.55. The molecule has 1 saturated carbocycles. The van der Waals surface area contributed by atoms with Crippen LogP contribution in [0.25, 0.3) is 0 Å². The molecule has 1 aliphatic rings. The van der Waals surface area contributed by atoms with Gasteiger partial charge in [-0.3, -0.25) is 0 Å². The smallest absolute Gasteiger partial charge is 0.151 e. The highest BCUT2D eigenvalue weighted by Gasteiger charge is 2.35. The molecule has 1 aromatic heterocycles. The van der Waals surface area contributed by atoms with Crippen molar-refractivity contribution in [2.45, 2.75) is 25.8 Å². The standard InChI is InChI=1S/C9H12ClN3/c1-2-6-5-7(6)11-9-4-3-8(10)12-13-9/h3-4,6-7H,2,5H2,1H3,(H,11,13). The van der Waals surface area contributed by atoms with E-state index in [-0.39, 0.29) is 0 Å². The van der Waals surface area contributed by atoms with Crippen LogP contribution in [0.5, 0.6) is 0 Å². The van der Waals surface area contributed by atoms with Crippen LogP contribution >= 0.6 is 11.6 Å². The zero-order valence-corrected chi connectivity index (χ0v) is 8.25. The lowest BCUT2D eigenvalue weighted by Gasteiger charge is -2.02. The second kappa shape index (κ2) is 3.50. The van der Waals surface area contributed by atoms with Gasteiger partial charge in [-0.1, -0.05) is 24.9 Å². The van der Waals surface area contributed by atoms with E-state index in [9.17, 15) is 0 Å². The van der Waals surface area contributed by atoms with E-state index in [1.807, 2.05) is 6.07 Å². The first-order chi connectivity index (χ1) is 6.29. The summed E-state index contributed by atoms with van der Waals surface area (Å²) in [6.45, 7) is 2.21. The van der Waals surface area contributed by atoms with Crippen molar-refractivity contribution in [3.8, 4) is 0 Å². The van der Waals surface area contributed by atoms with Crippen molar-refractivity contribution in [1.82, 2.24) is 10.2 Å². The Hall–Kier alpha value is -0.830. The van der Waals surface area contributed by atoms with E-state index in [1.165, 1.54) is 12.8 Å². The lowest BCUT2D eigenvalue weighted by atomic mass is 10.3. The van der Waals surface area contributed by atoms with Crippen molar-refractivity contribution in [1.29, 1.82) is 0 Å². The van der Waals surface area contributed by atoms with Crippen LogP contribution in [0.2, 0.25) is 5.15 Å². The van der Waals surface area contributed by atoms with Gasteiger partial charge in [0.25, 0.3) is 0 Å². The van der Waals surface area contributed by atoms with Crippen molar-refractivity contribution >= 4 is 17.4 Å². The largest absolute Gasteiger partial charge is 0.366 e. The van der Waals surface area contributed by atoms with E-state index in [0.29, 0.717) is 11.2 Å². The zero-order chi connectivity index (χ0) is 9.26. The fraction of sp³-hybridized carbons (Fsp3) is 0.556. The van der Waals surface area contributed by atoms with Crippen LogP contribution in [0.3, 0.4) is 0 Å². The van der Waals surface area contributed by atoms with Gasteiger partial charge in [0.1, 0.15) is 5.82 Å². The molecule has 0 spiro atoms. The summed E-state index contributed by atoms with van der Waals surface area (Å²) in [5.41, 5.74) is 0. The van der Waals surface area contributed by atoms with Gasteiger partial charge >= 0.3 is 0 Å². The van der Waals surface area contributed by atoms with Crippen molar-refractivity contribution in [2.24, 2.45) is 5.92 Å². The van der Waals surface area contributed by atoms with Gasteiger partial charge in [-0.25, -0.2) is 0 Å². The van der Waals surface area contributed by atoms with E-state index in [2.05, 4.69) is 22.4 Å². The number of nitrogens with one attached hydrogen (secondary N) is 1. The number of halogens is 1. The molecule has 1 aliphatic carbocycles. The molecule has 1 heterocycles. The van der Waals surface area contributed by atoms with E-state index < -0.39 is 0 Å². The third kappa shape index (κ3) is 2.10. The summed E-state index contributed by atoms with van der Waals surface area (Å²) < 4.78 is 0. The molecule has 0 aliphatic heterocycles. The molecule has 1 N–H and O–H groups in total. The summed E-state index contributed by atoms with van der Waals surface area (Å²) in [4.78, 5) is 0. The molecule has 2 rings (SSSR count).